The Morgan fingerprint density at radius 1 is 0.939 bits per heavy atom. The normalized spacial score (nSPS) is 16.8. The van der Waals surface area contributed by atoms with E-state index in [9.17, 15) is 13.2 Å². The van der Waals surface area contributed by atoms with Gasteiger partial charge in [-0.25, -0.2) is 4.68 Å². The molecule has 0 spiro atoms. The number of piperazine rings is 1. The van der Waals surface area contributed by atoms with Gasteiger partial charge in [0, 0.05) is 36.9 Å². The summed E-state index contributed by atoms with van der Waals surface area (Å²) >= 11 is 6.58. The predicted molar refractivity (Wildman–Crippen MR) is 121 cm³/mol. The molecule has 1 aliphatic heterocycles. The van der Waals surface area contributed by atoms with E-state index in [0.29, 0.717) is 42.7 Å². The van der Waals surface area contributed by atoms with Crippen LogP contribution in [0.5, 0.6) is 0 Å². The topological polar surface area (TPSA) is 50.1 Å². The van der Waals surface area contributed by atoms with Crippen LogP contribution in [0.1, 0.15) is 43.8 Å². The van der Waals surface area contributed by atoms with Gasteiger partial charge in [-0.05, 0) is 61.0 Å². The molecule has 0 unspecified atom stereocenters. The molecule has 3 aromatic rings. The predicted octanol–water partition coefficient (Wildman–Crippen LogP) is 5.01. The quantitative estimate of drug-likeness (QED) is 0.527. The summed E-state index contributed by atoms with van der Waals surface area (Å²) in [6.07, 6.45) is -4.36. The number of benzene rings is 2. The third-order valence-corrected chi connectivity index (χ3v) is 6.14. The minimum Gasteiger partial charge on any atom is -0.369 e. The zero-order valence-corrected chi connectivity index (χ0v) is 19.5. The average Bonchev–Trinajstić information content (AvgIpc) is 3.25. The molecular weight excluding hydrogens is 453 g/mol. The molecule has 1 fully saturated rings. The van der Waals surface area contributed by atoms with Crippen molar-refractivity contribution in [1.82, 2.24) is 25.1 Å². The van der Waals surface area contributed by atoms with Gasteiger partial charge in [0.1, 0.15) is 0 Å². The lowest BCUT2D eigenvalue weighted by Crippen LogP contribution is -2.49. The molecule has 176 valence electrons. The third-order valence-electron chi connectivity index (χ3n) is 5.79. The number of hydrogen-bond acceptors (Lipinski definition) is 5. The van der Waals surface area contributed by atoms with Crippen LogP contribution in [0.15, 0.2) is 48.5 Å². The number of tetrazole rings is 1. The van der Waals surface area contributed by atoms with E-state index in [1.165, 1.54) is 12.1 Å². The highest BCUT2D eigenvalue weighted by Crippen LogP contribution is 2.36. The highest BCUT2D eigenvalue weighted by Gasteiger charge is 2.35. The van der Waals surface area contributed by atoms with Crippen LogP contribution >= 0.6 is 11.6 Å². The van der Waals surface area contributed by atoms with Crippen LogP contribution in [-0.2, 0) is 11.7 Å². The van der Waals surface area contributed by atoms with E-state index in [0.717, 1.165) is 11.6 Å². The minimum atomic E-state index is -4.36. The zero-order chi connectivity index (χ0) is 23.8. The van der Waals surface area contributed by atoms with Crippen molar-refractivity contribution in [2.45, 2.75) is 38.5 Å². The Bertz CT molecular complexity index is 1100. The van der Waals surface area contributed by atoms with Gasteiger partial charge in [0.25, 0.3) is 0 Å². The summed E-state index contributed by atoms with van der Waals surface area (Å²) in [5.74, 6) is 0.683. The van der Waals surface area contributed by atoms with Crippen molar-refractivity contribution in [3.63, 3.8) is 0 Å². The van der Waals surface area contributed by atoms with Crippen LogP contribution in [0.25, 0.3) is 0 Å². The maximum atomic E-state index is 13.2. The van der Waals surface area contributed by atoms with E-state index >= 15 is 0 Å². The molecule has 33 heavy (non-hydrogen) atoms. The molecule has 1 aromatic heterocycles. The number of anilines is 1. The maximum Gasteiger partial charge on any atom is 0.416 e. The smallest absolute Gasteiger partial charge is 0.369 e. The first-order valence-electron chi connectivity index (χ1n) is 10.7. The first kappa shape index (κ1) is 23.5. The summed E-state index contributed by atoms with van der Waals surface area (Å²) in [5, 5.41) is 13.1. The van der Waals surface area contributed by atoms with E-state index in [1.54, 1.807) is 10.7 Å². The first-order valence-corrected chi connectivity index (χ1v) is 11.1. The van der Waals surface area contributed by atoms with Gasteiger partial charge in [-0.1, -0.05) is 35.9 Å². The van der Waals surface area contributed by atoms with Crippen LogP contribution in [0.3, 0.4) is 0 Å². The second kappa shape index (κ2) is 8.95. The lowest BCUT2D eigenvalue weighted by Gasteiger charge is -2.40. The largest absolute Gasteiger partial charge is 0.416 e. The zero-order valence-electron chi connectivity index (χ0n) is 18.7. The summed E-state index contributed by atoms with van der Waals surface area (Å²) in [4.78, 5) is 4.21. The monoisotopic (exact) mass is 478 g/mol. The molecule has 0 radical (unpaired) electrons. The van der Waals surface area contributed by atoms with Crippen molar-refractivity contribution in [1.29, 1.82) is 0 Å². The molecule has 2 heterocycles. The molecule has 0 amide bonds. The Kier molecular flexibility index (Phi) is 6.37. The van der Waals surface area contributed by atoms with E-state index in [-0.39, 0.29) is 11.6 Å². The van der Waals surface area contributed by atoms with Crippen molar-refractivity contribution in [3.8, 4) is 0 Å². The van der Waals surface area contributed by atoms with Crippen molar-refractivity contribution in [2.24, 2.45) is 0 Å². The Hall–Kier alpha value is -2.65. The molecule has 2 aromatic carbocycles. The lowest BCUT2D eigenvalue weighted by molar-refractivity contribution is -0.137. The van der Waals surface area contributed by atoms with Crippen LogP contribution in [0, 0.1) is 0 Å². The minimum absolute atomic E-state index is 0.281. The first-order chi connectivity index (χ1) is 15.6. The molecule has 0 bridgehead atoms. The molecule has 0 aliphatic carbocycles. The van der Waals surface area contributed by atoms with Crippen LogP contribution in [0.4, 0.5) is 18.9 Å². The summed E-state index contributed by atoms with van der Waals surface area (Å²) < 4.78 is 41.3. The van der Waals surface area contributed by atoms with Crippen LogP contribution < -0.4 is 4.90 Å². The highest BCUT2D eigenvalue weighted by molar-refractivity contribution is 6.31. The molecule has 1 aliphatic rings. The average molecular weight is 479 g/mol. The maximum absolute atomic E-state index is 13.2. The number of halogens is 4. The van der Waals surface area contributed by atoms with E-state index in [4.69, 9.17) is 11.6 Å². The summed E-state index contributed by atoms with van der Waals surface area (Å²) in [6.45, 7) is 8.46. The second-order valence-electron chi connectivity index (χ2n) is 9.11. The molecule has 1 saturated heterocycles. The fourth-order valence-corrected chi connectivity index (χ4v) is 4.39. The van der Waals surface area contributed by atoms with Gasteiger partial charge in [-0.15, -0.1) is 5.10 Å². The molecule has 1 atom stereocenters. The SMILES string of the molecule is CC(C)(C)n1nnnc1[C@@H](c1ccccc1Cl)N1CCN(c2cccc(C(F)(F)F)c2)CC1. The Labute approximate surface area is 195 Å². The van der Waals surface area contributed by atoms with Crippen molar-refractivity contribution < 1.29 is 13.2 Å². The molecular formula is C23H26ClF3N6. The lowest BCUT2D eigenvalue weighted by atomic mass is 10.0. The molecule has 0 N–H and O–H groups in total. The number of alkyl halides is 3. The van der Waals surface area contributed by atoms with Crippen molar-refractivity contribution >= 4 is 17.3 Å². The van der Waals surface area contributed by atoms with Gasteiger partial charge >= 0.3 is 6.18 Å². The fraction of sp³-hybridized carbons (Fsp3) is 0.435. The van der Waals surface area contributed by atoms with E-state index in [1.807, 2.05) is 49.9 Å². The van der Waals surface area contributed by atoms with Gasteiger partial charge in [0.15, 0.2) is 5.82 Å². The Morgan fingerprint density at radius 2 is 1.64 bits per heavy atom. The van der Waals surface area contributed by atoms with Gasteiger partial charge in [-0.3, -0.25) is 4.90 Å². The van der Waals surface area contributed by atoms with Gasteiger partial charge in [0.2, 0.25) is 0 Å². The Morgan fingerprint density at radius 3 is 2.27 bits per heavy atom. The number of rotatable bonds is 4. The van der Waals surface area contributed by atoms with Crippen LogP contribution in [-0.4, -0.2) is 51.3 Å². The van der Waals surface area contributed by atoms with E-state index < -0.39 is 11.7 Å². The number of nitrogens with zero attached hydrogens (tertiary/aromatic N) is 6. The van der Waals surface area contributed by atoms with Gasteiger partial charge in [-0.2, -0.15) is 13.2 Å². The highest BCUT2D eigenvalue weighted by atomic mass is 35.5. The fourth-order valence-electron chi connectivity index (χ4n) is 4.16. The van der Waals surface area contributed by atoms with Crippen LogP contribution in [0.2, 0.25) is 5.02 Å². The van der Waals surface area contributed by atoms with Crippen molar-refractivity contribution in [2.75, 3.05) is 31.1 Å². The summed E-state index contributed by atoms with van der Waals surface area (Å²) in [5.41, 5.74) is 0.490. The van der Waals surface area contributed by atoms with Crippen molar-refractivity contribution in [3.05, 3.63) is 70.5 Å². The second-order valence-corrected chi connectivity index (χ2v) is 9.52. The Balaban J connectivity index is 1.62. The third kappa shape index (κ3) is 4.99. The van der Waals surface area contributed by atoms with Gasteiger partial charge < -0.3 is 4.90 Å². The molecule has 4 rings (SSSR count). The van der Waals surface area contributed by atoms with E-state index in [2.05, 4.69) is 20.4 Å². The molecule has 10 heteroatoms. The summed E-state index contributed by atoms with van der Waals surface area (Å²) in [7, 11) is 0. The standard InChI is InChI=1S/C23H26ClF3N6/c1-22(2,3)33-21(28-29-30-33)20(18-9-4-5-10-19(18)24)32-13-11-31(12-14-32)17-8-6-7-16(15-17)23(25,26)27/h4-10,15,20H,11-14H2,1-3H3/t20-/m1/s1. The number of hydrogen-bond donors (Lipinski definition) is 0. The molecule has 6 nitrogen and oxygen atoms in total. The summed E-state index contributed by atoms with van der Waals surface area (Å²) in [6, 6.07) is 12.8. The number of aromatic nitrogens is 4. The molecule has 0 saturated carbocycles. The van der Waals surface area contributed by atoms with Gasteiger partial charge in [0.05, 0.1) is 17.1 Å².